The highest BCUT2D eigenvalue weighted by Gasteiger charge is 2.16. The Labute approximate surface area is 142 Å². The van der Waals surface area contributed by atoms with Gasteiger partial charge >= 0.3 is 0 Å². The average molecular weight is 412 g/mol. The Morgan fingerprint density at radius 3 is 2.45 bits per heavy atom. The highest BCUT2D eigenvalue weighted by atomic mass is 127. The van der Waals surface area contributed by atoms with Gasteiger partial charge in [0.2, 0.25) is 5.89 Å². The molecular formula is C13H25IN4OS. The van der Waals surface area contributed by atoms with Gasteiger partial charge in [0.25, 0.3) is 0 Å². The summed E-state index contributed by atoms with van der Waals surface area (Å²) in [5.74, 6) is 2.31. The van der Waals surface area contributed by atoms with Crippen LogP contribution in [0.15, 0.2) is 9.41 Å². The van der Waals surface area contributed by atoms with E-state index in [0.717, 1.165) is 24.0 Å². The first kappa shape index (κ1) is 19.6. The lowest BCUT2D eigenvalue weighted by molar-refractivity contribution is 0.463. The third-order valence-electron chi connectivity index (χ3n) is 2.94. The van der Waals surface area contributed by atoms with E-state index in [1.807, 2.05) is 25.6 Å². The van der Waals surface area contributed by atoms with Gasteiger partial charge in [-0.2, -0.15) is 11.8 Å². The number of aryl methyl sites for hydroxylation is 2. The van der Waals surface area contributed by atoms with E-state index in [-0.39, 0.29) is 28.7 Å². The lowest BCUT2D eigenvalue weighted by Gasteiger charge is -2.23. The van der Waals surface area contributed by atoms with Crippen molar-refractivity contribution < 1.29 is 4.42 Å². The van der Waals surface area contributed by atoms with Crippen molar-refractivity contribution in [3.8, 4) is 0 Å². The second-order valence-electron chi connectivity index (χ2n) is 4.99. The Kier molecular flexibility index (Phi) is 8.57. The van der Waals surface area contributed by atoms with E-state index in [4.69, 9.17) is 4.42 Å². The predicted molar refractivity (Wildman–Crippen MR) is 97.2 cm³/mol. The van der Waals surface area contributed by atoms with Gasteiger partial charge in [-0.05, 0) is 34.0 Å². The molecule has 5 nitrogen and oxygen atoms in total. The molecule has 0 atom stereocenters. The van der Waals surface area contributed by atoms with Crippen molar-refractivity contribution in [1.82, 2.24) is 15.6 Å². The molecule has 1 aromatic rings. The molecule has 1 aromatic heterocycles. The summed E-state index contributed by atoms with van der Waals surface area (Å²) in [5.41, 5.74) is 0.934. The van der Waals surface area contributed by atoms with Gasteiger partial charge in [0.15, 0.2) is 5.96 Å². The van der Waals surface area contributed by atoms with Crippen molar-refractivity contribution in [3.05, 3.63) is 17.3 Å². The van der Waals surface area contributed by atoms with Gasteiger partial charge in [-0.15, -0.1) is 24.0 Å². The highest BCUT2D eigenvalue weighted by molar-refractivity contribution is 14.0. The van der Waals surface area contributed by atoms with Crippen LogP contribution < -0.4 is 10.6 Å². The van der Waals surface area contributed by atoms with E-state index in [1.165, 1.54) is 0 Å². The van der Waals surface area contributed by atoms with E-state index in [0.29, 0.717) is 12.4 Å². The first-order valence-electron chi connectivity index (χ1n) is 6.30. The largest absolute Gasteiger partial charge is 0.444 e. The van der Waals surface area contributed by atoms with Gasteiger partial charge in [-0.1, -0.05) is 0 Å². The first-order valence-corrected chi connectivity index (χ1v) is 7.53. The van der Waals surface area contributed by atoms with E-state index in [2.05, 4.69) is 40.7 Å². The Hall–Kier alpha value is -0.440. The minimum Gasteiger partial charge on any atom is -0.444 e. The number of oxazole rings is 1. The smallest absolute Gasteiger partial charge is 0.214 e. The van der Waals surface area contributed by atoms with Crippen LogP contribution in [0.5, 0.6) is 0 Å². The number of hydrogen-bond acceptors (Lipinski definition) is 4. The Bertz CT molecular complexity index is 426. The van der Waals surface area contributed by atoms with Crippen molar-refractivity contribution in [1.29, 1.82) is 0 Å². The number of thioether (sulfide) groups is 1. The molecule has 0 aliphatic rings. The molecule has 1 heterocycles. The molecule has 0 saturated carbocycles. The fourth-order valence-corrected chi connectivity index (χ4v) is 1.58. The Morgan fingerprint density at radius 2 is 2.00 bits per heavy atom. The lowest BCUT2D eigenvalue weighted by Crippen LogP contribution is -2.43. The van der Waals surface area contributed by atoms with Crippen molar-refractivity contribution >= 4 is 41.7 Å². The zero-order chi connectivity index (χ0) is 14.5. The van der Waals surface area contributed by atoms with Gasteiger partial charge in [-0.25, -0.2) is 4.98 Å². The Morgan fingerprint density at radius 1 is 1.35 bits per heavy atom. The maximum absolute atomic E-state index is 5.52. The van der Waals surface area contributed by atoms with Crippen LogP contribution >= 0.6 is 35.7 Å². The summed E-state index contributed by atoms with van der Waals surface area (Å²) in [5, 5.41) is 6.50. The molecule has 0 aliphatic carbocycles. The molecule has 2 N–H and O–H groups in total. The average Bonchev–Trinajstić information content (AvgIpc) is 2.69. The van der Waals surface area contributed by atoms with Crippen LogP contribution in [0.3, 0.4) is 0 Å². The zero-order valence-corrected chi connectivity index (χ0v) is 16.2. The fourth-order valence-electron chi connectivity index (χ4n) is 1.36. The molecule has 0 aromatic carbocycles. The normalized spacial score (nSPS) is 12.0. The van der Waals surface area contributed by atoms with Crippen LogP contribution in [0.2, 0.25) is 0 Å². The highest BCUT2D eigenvalue weighted by Crippen LogP contribution is 2.19. The van der Waals surface area contributed by atoms with Gasteiger partial charge in [0.1, 0.15) is 5.76 Å². The van der Waals surface area contributed by atoms with E-state index in [9.17, 15) is 0 Å². The number of aromatic nitrogens is 1. The molecule has 0 amide bonds. The number of guanidine groups is 1. The van der Waals surface area contributed by atoms with Gasteiger partial charge in [0, 0.05) is 18.3 Å². The SMILES string of the molecule is CN=C(NCc1nc(C)c(C)o1)NCC(C)(C)SC.I. The maximum Gasteiger partial charge on any atom is 0.214 e. The summed E-state index contributed by atoms with van der Waals surface area (Å²) < 4.78 is 5.69. The summed E-state index contributed by atoms with van der Waals surface area (Å²) >= 11 is 1.82. The van der Waals surface area contributed by atoms with Crippen LogP contribution in [-0.4, -0.2) is 35.5 Å². The van der Waals surface area contributed by atoms with Crippen LogP contribution in [0, 0.1) is 13.8 Å². The summed E-state index contributed by atoms with van der Waals surface area (Å²) in [7, 11) is 1.76. The quantitative estimate of drug-likeness (QED) is 0.443. The van der Waals surface area contributed by atoms with E-state index >= 15 is 0 Å². The molecule has 7 heteroatoms. The molecule has 0 unspecified atom stereocenters. The molecule has 0 fully saturated rings. The summed E-state index contributed by atoms with van der Waals surface area (Å²) in [6.45, 7) is 9.62. The zero-order valence-electron chi connectivity index (χ0n) is 13.0. The molecular weight excluding hydrogens is 387 g/mol. The Balaban J connectivity index is 0.00000361. The molecule has 1 rings (SSSR count). The molecule has 0 saturated heterocycles. The van der Waals surface area contributed by atoms with Crippen LogP contribution in [-0.2, 0) is 6.54 Å². The number of aliphatic imine (C=N–C) groups is 1. The van der Waals surface area contributed by atoms with Crippen molar-refractivity contribution in [2.45, 2.75) is 39.0 Å². The monoisotopic (exact) mass is 412 g/mol. The fraction of sp³-hybridized carbons (Fsp3) is 0.692. The molecule has 0 bridgehead atoms. The van der Waals surface area contributed by atoms with Gasteiger partial charge in [-0.3, -0.25) is 4.99 Å². The van der Waals surface area contributed by atoms with Crippen LogP contribution in [0.25, 0.3) is 0 Å². The maximum atomic E-state index is 5.52. The lowest BCUT2D eigenvalue weighted by atomic mass is 10.2. The number of rotatable bonds is 5. The van der Waals surface area contributed by atoms with Gasteiger partial charge < -0.3 is 15.1 Å². The third-order valence-corrected chi connectivity index (χ3v) is 4.19. The number of nitrogens with one attached hydrogen (secondary N) is 2. The molecule has 20 heavy (non-hydrogen) atoms. The van der Waals surface area contributed by atoms with Crippen molar-refractivity contribution in [3.63, 3.8) is 0 Å². The number of nitrogens with zero attached hydrogens (tertiary/aromatic N) is 2. The predicted octanol–water partition coefficient (Wildman–Crippen LogP) is 2.72. The van der Waals surface area contributed by atoms with Gasteiger partial charge in [0.05, 0.1) is 12.2 Å². The molecule has 0 spiro atoms. The van der Waals surface area contributed by atoms with Crippen LogP contribution in [0.4, 0.5) is 0 Å². The van der Waals surface area contributed by atoms with E-state index < -0.39 is 0 Å². The second kappa shape index (κ2) is 8.76. The van der Waals surface area contributed by atoms with Crippen LogP contribution in [0.1, 0.15) is 31.2 Å². The van der Waals surface area contributed by atoms with Crippen molar-refractivity contribution in [2.24, 2.45) is 4.99 Å². The molecule has 0 radical (unpaired) electrons. The third kappa shape index (κ3) is 6.34. The molecule has 0 aliphatic heterocycles. The summed E-state index contributed by atoms with van der Waals surface area (Å²) in [6.07, 6.45) is 2.11. The standard InChI is InChI=1S/C13H24N4OS.HI/c1-9-10(2)18-11(17-9)7-15-12(14-5)16-8-13(3,4)19-6;/h7-8H2,1-6H3,(H2,14,15,16);1H. The molecule has 116 valence electrons. The number of halogens is 1. The number of hydrogen-bond donors (Lipinski definition) is 2. The second-order valence-corrected chi connectivity index (χ2v) is 6.51. The summed E-state index contributed by atoms with van der Waals surface area (Å²) in [4.78, 5) is 8.51. The van der Waals surface area contributed by atoms with E-state index in [1.54, 1.807) is 7.05 Å². The first-order chi connectivity index (χ1) is 8.88. The minimum atomic E-state index is 0. The van der Waals surface area contributed by atoms with Crippen molar-refractivity contribution in [2.75, 3.05) is 19.8 Å². The summed E-state index contributed by atoms with van der Waals surface area (Å²) in [6, 6.07) is 0. The topological polar surface area (TPSA) is 62.5 Å². The minimum absolute atomic E-state index is 0.